The Balaban J connectivity index is 4.33. The maximum atomic E-state index is 10.5. The minimum absolute atomic E-state index is 0.404. The maximum Gasteiger partial charge on any atom is 0.238 e. The Hall–Kier alpha value is -0.640. The van der Waals surface area contributed by atoms with Crippen molar-refractivity contribution in [1.82, 2.24) is 0 Å². The van der Waals surface area contributed by atoms with Crippen LogP contribution in [-0.2, 0) is 0 Å². The van der Waals surface area contributed by atoms with Gasteiger partial charge in [-0.2, -0.15) is 0 Å². The van der Waals surface area contributed by atoms with Gasteiger partial charge >= 0.3 is 0 Å². The van der Waals surface area contributed by atoms with Crippen LogP contribution in [0, 0.1) is 10.1 Å². The molecule has 0 aliphatic rings. The van der Waals surface area contributed by atoms with Crippen LogP contribution in [0.1, 0.15) is 46.5 Å². The molecule has 0 heterocycles. The highest BCUT2D eigenvalue weighted by Gasteiger charge is 2.39. The van der Waals surface area contributed by atoms with E-state index in [0.29, 0.717) is 12.8 Å². The first kappa shape index (κ1) is 12.4. The van der Waals surface area contributed by atoms with Crippen LogP contribution >= 0.6 is 0 Å². The van der Waals surface area contributed by atoms with E-state index in [2.05, 4.69) is 0 Å². The van der Waals surface area contributed by atoms with E-state index in [9.17, 15) is 15.2 Å². The second kappa shape index (κ2) is 5.17. The van der Waals surface area contributed by atoms with Gasteiger partial charge in [-0.05, 0) is 12.8 Å². The number of nitro groups is 1. The number of hydrogen-bond acceptors (Lipinski definition) is 3. The minimum atomic E-state index is -1.13. The molecule has 0 unspecified atom stereocenters. The summed E-state index contributed by atoms with van der Waals surface area (Å²) in [5, 5.41) is 20.5. The minimum Gasteiger partial charge on any atom is -0.383 e. The molecule has 0 aliphatic carbocycles. The average Bonchev–Trinajstić information content (AvgIpc) is 2.12. The molecule has 78 valence electrons. The van der Waals surface area contributed by atoms with Crippen molar-refractivity contribution in [3.8, 4) is 0 Å². The highest BCUT2D eigenvalue weighted by Crippen LogP contribution is 2.24. The van der Waals surface area contributed by atoms with Gasteiger partial charge < -0.3 is 5.11 Å². The largest absolute Gasteiger partial charge is 0.383 e. The SMILES string of the molecule is CCCC[C@](O)(CC)[C@@H](C)[N+](=O)[O-]. The normalized spacial score (nSPS) is 17.8. The molecule has 0 rings (SSSR count). The van der Waals surface area contributed by atoms with Gasteiger partial charge in [0.2, 0.25) is 6.04 Å². The number of unbranched alkanes of at least 4 members (excludes halogenated alkanes) is 1. The Labute approximate surface area is 79.1 Å². The van der Waals surface area contributed by atoms with Gasteiger partial charge in [0.15, 0.2) is 0 Å². The smallest absolute Gasteiger partial charge is 0.238 e. The van der Waals surface area contributed by atoms with Crippen molar-refractivity contribution in [2.75, 3.05) is 0 Å². The third-order valence-corrected chi connectivity index (χ3v) is 2.67. The van der Waals surface area contributed by atoms with Crippen LogP contribution in [0.2, 0.25) is 0 Å². The number of hydrogen-bond donors (Lipinski definition) is 1. The molecular formula is C9H19NO3. The summed E-state index contributed by atoms with van der Waals surface area (Å²) in [6, 6.07) is -0.871. The van der Waals surface area contributed by atoms with E-state index in [1.165, 1.54) is 6.92 Å². The third kappa shape index (κ3) is 3.30. The predicted molar refractivity (Wildman–Crippen MR) is 51.2 cm³/mol. The topological polar surface area (TPSA) is 63.4 Å². The first-order valence-corrected chi connectivity index (χ1v) is 4.83. The van der Waals surface area contributed by atoms with Gasteiger partial charge in [0.05, 0.1) is 0 Å². The molecule has 0 aromatic heterocycles. The number of rotatable bonds is 6. The molecule has 4 nitrogen and oxygen atoms in total. The van der Waals surface area contributed by atoms with Crippen molar-refractivity contribution >= 4 is 0 Å². The zero-order valence-electron chi connectivity index (χ0n) is 8.62. The molecule has 0 radical (unpaired) electrons. The lowest BCUT2D eigenvalue weighted by molar-refractivity contribution is -0.541. The molecule has 0 spiro atoms. The summed E-state index contributed by atoms with van der Waals surface area (Å²) in [5.74, 6) is 0. The van der Waals surface area contributed by atoms with Gasteiger partial charge in [-0.3, -0.25) is 10.1 Å². The molecule has 2 atom stereocenters. The first-order chi connectivity index (χ1) is 5.98. The van der Waals surface area contributed by atoms with E-state index in [-0.39, 0.29) is 0 Å². The first-order valence-electron chi connectivity index (χ1n) is 4.83. The summed E-state index contributed by atoms with van der Waals surface area (Å²) in [7, 11) is 0. The summed E-state index contributed by atoms with van der Waals surface area (Å²) >= 11 is 0. The molecule has 1 N–H and O–H groups in total. The van der Waals surface area contributed by atoms with Crippen LogP contribution in [0.5, 0.6) is 0 Å². The second-order valence-corrected chi connectivity index (χ2v) is 3.52. The van der Waals surface area contributed by atoms with Crippen molar-refractivity contribution in [2.24, 2.45) is 0 Å². The van der Waals surface area contributed by atoms with Gasteiger partial charge in [-0.1, -0.05) is 26.7 Å². The molecule has 13 heavy (non-hydrogen) atoms. The summed E-state index contributed by atoms with van der Waals surface area (Å²) in [6.07, 6.45) is 2.74. The van der Waals surface area contributed by atoms with Gasteiger partial charge in [0, 0.05) is 11.8 Å². The molecule has 0 saturated heterocycles. The van der Waals surface area contributed by atoms with Crippen molar-refractivity contribution in [1.29, 1.82) is 0 Å². The Bertz CT molecular complexity index is 172. The molecule has 0 aliphatic heterocycles. The van der Waals surface area contributed by atoms with Gasteiger partial charge in [-0.25, -0.2) is 0 Å². The van der Waals surface area contributed by atoms with Crippen LogP contribution in [0.25, 0.3) is 0 Å². The number of aliphatic hydroxyl groups is 1. The molecule has 4 heteroatoms. The van der Waals surface area contributed by atoms with Crippen LogP contribution < -0.4 is 0 Å². The molecule has 0 bridgehead atoms. The van der Waals surface area contributed by atoms with E-state index < -0.39 is 16.6 Å². The predicted octanol–water partition coefficient (Wildman–Crippen LogP) is 1.98. The Morgan fingerprint density at radius 1 is 1.54 bits per heavy atom. The quantitative estimate of drug-likeness (QED) is 0.513. The standard InChI is InChI=1S/C9H19NO3/c1-4-6-7-9(11,5-2)8(3)10(12)13/h8,11H,4-7H2,1-3H3/t8-,9-/m1/s1. The van der Waals surface area contributed by atoms with Crippen LogP contribution in [0.4, 0.5) is 0 Å². The second-order valence-electron chi connectivity index (χ2n) is 3.52. The zero-order chi connectivity index (χ0) is 10.5. The van der Waals surface area contributed by atoms with Crippen molar-refractivity contribution in [3.63, 3.8) is 0 Å². The Morgan fingerprint density at radius 2 is 2.08 bits per heavy atom. The molecule has 0 saturated carbocycles. The van der Waals surface area contributed by atoms with Crippen molar-refractivity contribution in [3.05, 3.63) is 10.1 Å². The third-order valence-electron chi connectivity index (χ3n) is 2.67. The average molecular weight is 189 g/mol. The summed E-state index contributed by atoms with van der Waals surface area (Å²) < 4.78 is 0. The lowest BCUT2D eigenvalue weighted by atomic mass is 9.87. The van der Waals surface area contributed by atoms with Crippen molar-refractivity contribution < 1.29 is 10.0 Å². The van der Waals surface area contributed by atoms with Crippen LogP contribution in [0.3, 0.4) is 0 Å². The van der Waals surface area contributed by atoms with Crippen LogP contribution in [-0.4, -0.2) is 21.7 Å². The number of nitrogens with zero attached hydrogens (tertiary/aromatic N) is 1. The zero-order valence-corrected chi connectivity index (χ0v) is 8.62. The lowest BCUT2D eigenvalue weighted by Crippen LogP contribution is -2.44. The summed E-state index contributed by atoms with van der Waals surface area (Å²) in [6.45, 7) is 5.27. The van der Waals surface area contributed by atoms with E-state index >= 15 is 0 Å². The van der Waals surface area contributed by atoms with E-state index in [4.69, 9.17) is 0 Å². The summed E-state index contributed by atoms with van der Waals surface area (Å²) in [4.78, 5) is 10.1. The molecule has 0 aromatic carbocycles. The fourth-order valence-corrected chi connectivity index (χ4v) is 1.36. The van der Waals surface area contributed by atoms with Gasteiger partial charge in [0.25, 0.3) is 0 Å². The maximum absolute atomic E-state index is 10.5. The van der Waals surface area contributed by atoms with E-state index in [1.54, 1.807) is 6.92 Å². The molecule has 0 fully saturated rings. The van der Waals surface area contributed by atoms with Crippen LogP contribution in [0.15, 0.2) is 0 Å². The van der Waals surface area contributed by atoms with Gasteiger partial charge in [0.1, 0.15) is 5.60 Å². The van der Waals surface area contributed by atoms with Crippen molar-refractivity contribution in [2.45, 2.75) is 58.1 Å². The molecule has 0 amide bonds. The fraction of sp³-hybridized carbons (Fsp3) is 1.00. The highest BCUT2D eigenvalue weighted by atomic mass is 16.6. The fourth-order valence-electron chi connectivity index (χ4n) is 1.36. The molecule has 0 aromatic rings. The summed E-state index contributed by atoms with van der Waals surface area (Å²) in [5.41, 5.74) is -1.13. The molecular weight excluding hydrogens is 170 g/mol. The monoisotopic (exact) mass is 189 g/mol. The van der Waals surface area contributed by atoms with E-state index in [1.807, 2.05) is 6.92 Å². The Morgan fingerprint density at radius 3 is 2.38 bits per heavy atom. The van der Waals surface area contributed by atoms with Gasteiger partial charge in [-0.15, -0.1) is 0 Å². The lowest BCUT2D eigenvalue weighted by Gasteiger charge is -2.27. The Kier molecular flexibility index (Phi) is 4.91. The van der Waals surface area contributed by atoms with E-state index in [0.717, 1.165) is 12.8 Å². The highest BCUT2D eigenvalue weighted by molar-refractivity contribution is 4.82.